The molecule has 2 unspecified atom stereocenters. The Morgan fingerprint density at radius 3 is 2.40 bits per heavy atom. The summed E-state index contributed by atoms with van der Waals surface area (Å²) in [7, 11) is 3.48. The van der Waals surface area contributed by atoms with E-state index in [2.05, 4.69) is 30.9 Å². The zero-order valence-electron chi connectivity index (χ0n) is 13.1. The largest absolute Gasteiger partial charge is 0.385 e. The van der Waals surface area contributed by atoms with Gasteiger partial charge in [0.1, 0.15) is 0 Å². The van der Waals surface area contributed by atoms with Crippen LogP contribution in [-0.4, -0.2) is 51.5 Å². The van der Waals surface area contributed by atoms with E-state index >= 15 is 0 Å². The van der Waals surface area contributed by atoms with E-state index in [9.17, 15) is 0 Å². The molecule has 0 aliphatic heterocycles. The first-order valence-corrected chi connectivity index (χ1v) is 7.95. The van der Waals surface area contributed by atoms with E-state index in [-0.39, 0.29) is 12.1 Å². The van der Waals surface area contributed by atoms with Crippen LogP contribution in [0, 0.1) is 6.92 Å². The number of thiophene rings is 1. The molecular weight excluding hydrogens is 272 g/mol. The van der Waals surface area contributed by atoms with Gasteiger partial charge in [-0.25, -0.2) is 0 Å². The molecule has 0 bridgehead atoms. The average molecular weight is 300 g/mol. The van der Waals surface area contributed by atoms with Gasteiger partial charge in [-0.1, -0.05) is 0 Å². The molecule has 2 N–H and O–H groups in total. The molecule has 2 atom stereocenters. The standard InChI is InChI=1S/C15H28N2O2S/c1-12-6-7-14(20-12)15(13(2)16)17(9-11-19-4)8-5-10-18-3/h6-7,13,15H,5,8-11,16H2,1-4H3. The third-order valence-corrected chi connectivity index (χ3v) is 4.39. The molecule has 0 aliphatic rings. The zero-order chi connectivity index (χ0) is 15.0. The average Bonchev–Trinajstić information content (AvgIpc) is 2.81. The van der Waals surface area contributed by atoms with E-state index in [1.807, 2.05) is 11.3 Å². The first-order chi connectivity index (χ1) is 9.60. The van der Waals surface area contributed by atoms with Crippen molar-refractivity contribution in [1.29, 1.82) is 0 Å². The molecule has 1 rings (SSSR count). The number of rotatable bonds is 10. The molecule has 0 radical (unpaired) electrons. The van der Waals surface area contributed by atoms with Crippen LogP contribution in [0.25, 0.3) is 0 Å². The first kappa shape index (κ1) is 17.6. The van der Waals surface area contributed by atoms with Crippen LogP contribution in [-0.2, 0) is 9.47 Å². The fourth-order valence-electron chi connectivity index (χ4n) is 2.39. The van der Waals surface area contributed by atoms with Gasteiger partial charge in [0.15, 0.2) is 0 Å². The highest BCUT2D eigenvalue weighted by Crippen LogP contribution is 2.29. The second-order valence-electron chi connectivity index (χ2n) is 5.13. The van der Waals surface area contributed by atoms with E-state index in [0.717, 1.165) is 32.7 Å². The molecule has 0 amide bonds. The number of methoxy groups -OCH3 is 2. The lowest BCUT2D eigenvalue weighted by molar-refractivity contribution is 0.0993. The van der Waals surface area contributed by atoms with Crippen LogP contribution in [0.1, 0.15) is 29.1 Å². The van der Waals surface area contributed by atoms with Gasteiger partial charge in [0.05, 0.1) is 12.6 Å². The highest BCUT2D eigenvalue weighted by atomic mass is 32.1. The van der Waals surface area contributed by atoms with E-state index in [1.165, 1.54) is 9.75 Å². The normalized spacial score (nSPS) is 14.7. The van der Waals surface area contributed by atoms with Gasteiger partial charge in [0.2, 0.25) is 0 Å². The predicted molar refractivity (Wildman–Crippen MR) is 85.4 cm³/mol. The van der Waals surface area contributed by atoms with Crippen molar-refractivity contribution in [2.75, 3.05) is 40.5 Å². The molecule has 20 heavy (non-hydrogen) atoms. The number of nitrogens with zero attached hydrogens (tertiary/aromatic N) is 1. The maximum Gasteiger partial charge on any atom is 0.0591 e. The van der Waals surface area contributed by atoms with Crippen LogP contribution >= 0.6 is 11.3 Å². The van der Waals surface area contributed by atoms with Crippen LogP contribution in [0.4, 0.5) is 0 Å². The van der Waals surface area contributed by atoms with Crippen molar-refractivity contribution in [2.24, 2.45) is 5.73 Å². The molecule has 0 spiro atoms. The van der Waals surface area contributed by atoms with Gasteiger partial charge in [0.25, 0.3) is 0 Å². The Morgan fingerprint density at radius 1 is 1.20 bits per heavy atom. The van der Waals surface area contributed by atoms with Gasteiger partial charge in [-0.15, -0.1) is 11.3 Å². The van der Waals surface area contributed by atoms with Crippen molar-refractivity contribution in [3.05, 3.63) is 21.9 Å². The molecule has 0 fully saturated rings. The lowest BCUT2D eigenvalue weighted by atomic mass is 10.1. The fourth-order valence-corrected chi connectivity index (χ4v) is 3.52. The summed E-state index contributed by atoms with van der Waals surface area (Å²) in [4.78, 5) is 5.08. The van der Waals surface area contributed by atoms with Gasteiger partial charge in [-0.3, -0.25) is 4.90 Å². The Morgan fingerprint density at radius 2 is 1.90 bits per heavy atom. The maximum atomic E-state index is 6.25. The topological polar surface area (TPSA) is 47.7 Å². The summed E-state index contributed by atoms with van der Waals surface area (Å²) in [5.41, 5.74) is 6.25. The lowest BCUT2D eigenvalue weighted by Crippen LogP contribution is -2.41. The van der Waals surface area contributed by atoms with Crippen molar-refractivity contribution >= 4 is 11.3 Å². The summed E-state index contributed by atoms with van der Waals surface area (Å²) in [6.07, 6.45) is 1.01. The smallest absolute Gasteiger partial charge is 0.0591 e. The minimum atomic E-state index is 0.0902. The quantitative estimate of drug-likeness (QED) is 0.674. The van der Waals surface area contributed by atoms with Crippen molar-refractivity contribution in [1.82, 2.24) is 4.90 Å². The van der Waals surface area contributed by atoms with Crippen molar-refractivity contribution in [2.45, 2.75) is 32.4 Å². The monoisotopic (exact) mass is 300 g/mol. The molecule has 1 aromatic rings. The van der Waals surface area contributed by atoms with E-state index in [4.69, 9.17) is 15.2 Å². The van der Waals surface area contributed by atoms with Gasteiger partial charge in [-0.05, 0) is 32.4 Å². The second kappa shape index (κ2) is 9.47. The first-order valence-electron chi connectivity index (χ1n) is 7.14. The summed E-state index contributed by atoms with van der Waals surface area (Å²) in [6, 6.07) is 4.71. The number of aryl methyl sites for hydroxylation is 1. The van der Waals surface area contributed by atoms with E-state index < -0.39 is 0 Å². The van der Waals surface area contributed by atoms with Gasteiger partial charge < -0.3 is 15.2 Å². The van der Waals surface area contributed by atoms with E-state index in [1.54, 1.807) is 14.2 Å². The summed E-state index contributed by atoms with van der Waals surface area (Å²) >= 11 is 1.83. The molecule has 116 valence electrons. The summed E-state index contributed by atoms with van der Waals surface area (Å²) < 4.78 is 10.4. The van der Waals surface area contributed by atoms with Crippen LogP contribution in [0.2, 0.25) is 0 Å². The highest BCUT2D eigenvalue weighted by molar-refractivity contribution is 7.12. The minimum absolute atomic E-state index is 0.0902. The van der Waals surface area contributed by atoms with Crippen LogP contribution in [0.3, 0.4) is 0 Å². The number of nitrogens with two attached hydrogens (primary N) is 1. The van der Waals surface area contributed by atoms with Gasteiger partial charge in [0, 0.05) is 49.7 Å². The number of hydrogen-bond acceptors (Lipinski definition) is 5. The second-order valence-corrected chi connectivity index (χ2v) is 6.45. The van der Waals surface area contributed by atoms with Crippen LogP contribution in [0.5, 0.6) is 0 Å². The minimum Gasteiger partial charge on any atom is -0.385 e. The summed E-state index contributed by atoms with van der Waals surface area (Å²) in [5.74, 6) is 0. The molecule has 0 aromatic carbocycles. The molecule has 1 heterocycles. The molecule has 0 aliphatic carbocycles. The third-order valence-electron chi connectivity index (χ3n) is 3.32. The number of hydrogen-bond donors (Lipinski definition) is 1. The Kier molecular flexibility index (Phi) is 8.33. The Hall–Kier alpha value is -0.460. The molecule has 5 heteroatoms. The van der Waals surface area contributed by atoms with Gasteiger partial charge >= 0.3 is 0 Å². The molecule has 0 saturated heterocycles. The molecule has 1 aromatic heterocycles. The highest BCUT2D eigenvalue weighted by Gasteiger charge is 2.24. The Balaban J connectivity index is 2.80. The zero-order valence-corrected chi connectivity index (χ0v) is 13.9. The van der Waals surface area contributed by atoms with Crippen molar-refractivity contribution in [3.63, 3.8) is 0 Å². The third kappa shape index (κ3) is 5.50. The Labute approximate surface area is 126 Å². The molecular formula is C15H28N2O2S. The molecule has 0 saturated carbocycles. The van der Waals surface area contributed by atoms with Crippen molar-refractivity contribution in [3.8, 4) is 0 Å². The SMILES string of the molecule is COCCCN(CCOC)C(c1ccc(C)s1)C(C)N. The summed E-state index contributed by atoms with van der Waals surface area (Å²) in [6.45, 7) is 7.58. The van der Waals surface area contributed by atoms with Crippen LogP contribution in [0.15, 0.2) is 12.1 Å². The van der Waals surface area contributed by atoms with Crippen LogP contribution < -0.4 is 5.73 Å². The van der Waals surface area contributed by atoms with Crippen molar-refractivity contribution < 1.29 is 9.47 Å². The van der Waals surface area contributed by atoms with E-state index in [0.29, 0.717) is 0 Å². The lowest BCUT2D eigenvalue weighted by Gasteiger charge is -2.33. The number of ether oxygens (including phenoxy) is 2. The maximum absolute atomic E-state index is 6.25. The van der Waals surface area contributed by atoms with Gasteiger partial charge in [-0.2, -0.15) is 0 Å². The fraction of sp³-hybridized carbons (Fsp3) is 0.733. The predicted octanol–water partition coefficient (Wildman–Crippen LogP) is 2.43. The summed E-state index contributed by atoms with van der Waals surface area (Å²) in [5, 5.41) is 0. The Bertz CT molecular complexity index is 369. The molecule has 4 nitrogen and oxygen atoms in total.